The Bertz CT molecular complexity index is 565. The maximum atomic E-state index is 13.8. The van der Waals surface area contributed by atoms with E-state index in [2.05, 4.69) is 10.4 Å². The highest BCUT2D eigenvalue weighted by Gasteiger charge is 2.21. The number of halogens is 2. The molecule has 0 amide bonds. The fourth-order valence-corrected chi connectivity index (χ4v) is 1.86. The average molecular weight is 252 g/mol. The average Bonchev–Trinajstić information content (AvgIpc) is 2.73. The van der Waals surface area contributed by atoms with Crippen LogP contribution < -0.4 is 11.3 Å². The quantitative estimate of drug-likeness (QED) is 0.644. The first kappa shape index (κ1) is 12.7. The van der Waals surface area contributed by atoms with Crippen molar-refractivity contribution in [2.75, 3.05) is 0 Å². The molecule has 6 heteroatoms. The molecule has 2 aromatic rings. The third kappa shape index (κ3) is 2.12. The molecule has 3 N–H and O–H groups in total. The van der Waals surface area contributed by atoms with Crippen molar-refractivity contribution in [2.24, 2.45) is 12.9 Å². The third-order valence-electron chi connectivity index (χ3n) is 2.87. The fraction of sp³-hybridized carbons (Fsp3) is 0.250. The van der Waals surface area contributed by atoms with Gasteiger partial charge in [0.25, 0.3) is 0 Å². The lowest BCUT2D eigenvalue weighted by Crippen LogP contribution is -2.31. The maximum Gasteiger partial charge on any atom is 0.131 e. The number of hydrogen-bond donors (Lipinski definition) is 2. The van der Waals surface area contributed by atoms with Crippen LogP contribution in [0.2, 0.25) is 0 Å². The predicted molar refractivity (Wildman–Crippen MR) is 63.5 cm³/mol. The van der Waals surface area contributed by atoms with E-state index >= 15 is 0 Å². The Morgan fingerprint density at radius 2 is 2.06 bits per heavy atom. The minimum Gasteiger partial charge on any atom is -0.336 e. The van der Waals surface area contributed by atoms with Gasteiger partial charge in [-0.05, 0) is 18.6 Å². The molecule has 96 valence electrons. The lowest BCUT2D eigenvalue weighted by Gasteiger charge is -2.17. The zero-order valence-electron chi connectivity index (χ0n) is 10.1. The number of aryl methyl sites for hydroxylation is 2. The summed E-state index contributed by atoms with van der Waals surface area (Å²) in [5, 5.41) is 0. The van der Waals surface area contributed by atoms with Gasteiger partial charge in [0, 0.05) is 31.1 Å². The lowest BCUT2D eigenvalue weighted by atomic mass is 10.0. The first-order valence-corrected chi connectivity index (χ1v) is 5.43. The van der Waals surface area contributed by atoms with E-state index in [0.29, 0.717) is 11.4 Å². The van der Waals surface area contributed by atoms with Gasteiger partial charge in [-0.1, -0.05) is 0 Å². The molecule has 0 aliphatic heterocycles. The molecule has 0 bridgehead atoms. The Balaban J connectivity index is 2.52. The van der Waals surface area contributed by atoms with Crippen LogP contribution in [0.5, 0.6) is 0 Å². The van der Waals surface area contributed by atoms with E-state index in [-0.39, 0.29) is 5.56 Å². The minimum atomic E-state index is -0.649. The Labute approximate surface area is 103 Å². The molecule has 2 rings (SSSR count). The first-order chi connectivity index (χ1) is 8.54. The SMILES string of the molecule is Cc1cc(C(NN)c2nccn2C)c(F)cc1F. The van der Waals surface area contributed by atoms with Gasteiger partial charge in [-0.15, -0.1) is 0 Å². The summed E-state index contributed by atoms with van der Waals surface area (Å²) >= 11 is 0. The predicted octanol–water partition coefficient (Wildman–Crippen LogP) is 1.56. The van der Waals surface area contributed by atoms with Crippen LogP contribution in [0.1, 0.15) is 23.0 Å². The van der Waals surface area contributed by atoms with Crippen molar-refractivity contribution in [1.82, 2.24) is 15.0 Å². The molecule has 1 aromatic carbocycles. The van der Waals surface area contributed by atoms with Gasteiger partial charge < -0.3 is 4.57 Å². The van der Waals surface area contributed by atoms with E-state index in [9.17, 15) is 8.78 Å². The molecule has 1 aromatic heterocycles. The van der Waals surface area contributed by atoms with Crippen molar-refractivity contribution >= 4 is 0 Å². The second-order valence-electron chi connectivity index (χ2n) is 4.12. The topological polar surface area (TPSA) is 55.9 Å². The van der Waals surface area contributed by atoms with Crippen molar-refractivity contribution < 1.29 is 8.78 Å². The number of hydrogen-bond acceptors (Lipinski definition) is 3. The molecule has 0 radical (unpaired) electrons. The Morgan fingerprint density at radius 1 is 1.33 bits per heavy atom. The smallest absolute Gasteiger partial charge is 0.131 e. The van der Waals surface area contributed by atoms with Crippen molar-refractivity contribution in [1.29, 1.82) is 0 Å². The van der Waals surface area contributed by atoms with Crippen molar-refractivity contribution in [3.8, 4) is 0 Å². The molecule has 4 nitrogen and oxygen atoms in total. The van der Waals surface area contributed by atoms with Crippen molar-refractivity contribution in [2.45, 2.75) is 13.0 Å². The second kappa shape index (κ2) is 4.83. The number of hydrazine groups is 1. The maximum absolute atomic E-state index is 13.8. The summed E-state index contributed by atoms with van der Waals surface area (Å²) in [7, 11) is 1.78. The van der Waals surface area contributed by atoms with Crippen LogP contribution >= 0.6 is 0 Å². The van der Waals surface area contributed by atoms with Gasteiger partial charge in [-0.3, -0.25) is 5.84 Å². The largest absolute Gasteiger partial charge is 0.336 e. The lowest BCUT2D eigenvalue weighted by molar-refractivity contribution is 0.519. The van der Waals surface area contributed by atoms with E-state index < -0.39 is 17.7 Å². The van der Waals surface area contributed by atoms with Crippen LogP contribution in [0, 0.1) is 18.6 Å². The molecular formula is C12H14F2N4. The molecule has 1 heterocycles. The summed E-state index contributed by atoms with van der Waals surface area (Å²) in [4.78, 5) is 4.12. The molecule has 0 saturated heterocycles. The number of nitrogens with zero attached hydrogens (tertiary/aromatic N) is 2. The molecular weight excluding hydrogens is 238 g/mol. The van der Waals surface area contributed by atoms with Gasteiger partial charge in [0.05, 0.1) is 0 Å². The summed E-state index contributed by atoms with van der Waals surface area (Å²) < 4.78 is 28.8. The number of nitrogens with two attached hydrogens (primary N) is 1. The standard InChI is InChI=1S/C12H14F2N4/c1-7-5-8(10(14)6-9(7)13)11(17-15)12-16-3-4-18(12)2/h3-6,11,17H,15H2,1-2H3. The van der Waals surface area contributed by atoms with Crippen molar-refractivity contribution in [3.05, 3.63) is 53.1 Å². The second-order valence-corrected chi connectivity index (χ2v) is 4.12. The summed E-state index contributed by atoms with van der Waals surface area (Å²) in [6.45, 7) is 1.57. The highest BCUT2D eigenvalue weighted by Crippen LogP contribution is 2.24. The van der Waals surface area contributed by atoms with Crippen LogP contribution in [-0.4, -0.2) is 9.55 Å². The molecule has 0 fully saturated rings. The van der Waals surface area contributed by atoms with Gasteiger partial charge >= 0.3 is 0 Å². The highest BCUT2D eigenvalue weighted by molar-refractivity contribution is 5.31. The zero-order chi connectivity index (χ0) is 13.3. The number of imidazole rings is 1. The van der Waals surface area contributed by atoms with Gasteiger partial charge in [0.2, 0.25) is 0 Å². The molecule has 18 heavy (non-hydrogen) atoms. The molecule has 0 spiro atoms. The molecule has 0 aliphatic rings. The minimum absolute atomic E-state index is 0.269. The number of aromatic nitrogens is 2. The van der Waals surface area contributed by atoms with Crippen LogP contribution in [-0.2, 0) is 7.05 Å². The van der Waals surface area contributed by atoms with Gasteiger partial charge in [0.1, 0.15) is 23.5 Å². The fourth-order valence-electron chi connectivity index (χ4n) is 1.86. The van der Waals surface area contributed by atoms with Gasteiger partial charge in [-0.2, -0.15) is 0 Å². The summed E-state index contributed by atoms with van der Waals surface area (Å²) in [6, 6.07) is 1.67. The Hall–Kier alpha value is -1.79. The highest BCUT2D eigenvalue weighted by atomic mass is 19.1. The normalized spacial score (nSPS) is 12.7. The summed E-state index contributed by atoms with van der Waals surface area (Å²) in [6.07, 6.45) is 3.32. The van der Waals surface area contributed by atoms with Gasteiger partial charge in [0.15, 0.2) is 0 Å². The number of rotatable bonds is 3. The summed E-state index contributed by atoms with van der Waals surface area (Å²) in [5.74, 6) is 4.79. The molecule has 0 saturated carbocycles. The number of benzene rings is 1. The zero-order valence-corrected chi connectivity index (χ0v) is 10.1. The molecule has 1 atom stereocenters. The Morgan fingerprint density at radius 3 is 2.61 bits per heavy atom. The summed E-state index contributed by atoms with van der Waals surface area (Å²) in [5.41, 5.74) is 3.13. The van der Waals surface area contributed by atoms with E-state index in [1.807, 2.05) is 0 Å². The van der Waals surface area contributed by atoms with Crippen LogP contribution in [0.15, 0.2) is 24.5 Å². The van der Waals surface area contributed by atoms with Crippen LogP contribution in [0.3, 0.4) is 0 Å². The molecule has 1 unspecified atom stereocenters. The first-order valence-electron chi connectivity index (χ1n) is 5.43. The van der Waals surface area contributed by atoms with E-state index in [0.717, 1.165) is 6.07 Å². The third-order valence-corrected chi connectivity index (χ3v) is 2.87. The number of nitrogens with one attached hydrogen (secondary N) is 1. The van der Waals surface area contributed by atoms with Crippen molar-refractivity contribution in [3.63, 3.8) is 0 Å². The van der Waals surface area contributed by atoms with Crippen LogP contribution in [0.25, 0.3) is 0 Å². The van der Waals surface area contributed by atoms with E-state index in [4.69, 9.17) is 5.84 Å². The van der Waals surface area contributed by atoms with Gasteiger partial charge in [-0.25, -0.2) is 19.2 Å². The molecule has 0 aliphatic carbocycles. The Kier molecular flexibility index (Phi) is 3.40. The monoisotopic (exact) mass is 252 g/mol. The van der Waals surface area contributed by atoms with Crippen LogP contribution in [0.4, 0.5) is 8.78 Å². The van der Waals surface area contributed by atoms with E-state index in [1.54, 1.807) is 30.9 Å². The van der Waals surface area contributed by atoms with E-state index in [1.165, 1.54) is 6.07 Å².